The average molecular weight is 430 g/mol. The van der Waals surface area contributed by atoms with Crippen LogP contribution in [0.3, 0.4) is 0 Å². The second kappa shape index (κ2) is 6.65. The number of nitrogens with zero attached hydrogens (tertiary/aromatic N) is 1. The quantitative estimate of drug-likeness (QED) is 0.717. The van der Waals surface area contributed by atoms with Gasteiger partial charge >= 0.3 is 12.1 Å². The Labute approximate surface area is 169 Å². The second-order valence-electron chi connectivity index (χ2n) is 8.12. The zero-order chi connectivity index (χ0) is 21.1. The van der Waals surface area contributed by atoms with Crippen molar-refractivity contribution < 1.29 is 32.3 Å². The lowest BCUT2D eigenvalue weighted by atomic mass is 9.80. The predicted molar refractivity (Wildman–Crippen MR) is 99.1 cm³/mol. The van der Waals surface area contributed by atoms with Crippen LogP contribution in [0.5, 0.6) is 0 Å². The maximum absolute atomic E-state index is 13.6. The van der Waals surface area contributed by atoms with Gasteiger partial charge in [0.1, 0.15) is 5.58 Å². The first-order valence-corrected chi connectivity index (χ1v) is 9.75. The van der Waals surface area contributed by atoms with E-state index in [0.717, 1.165) is 18.9 Å². The van der Waals surface area contributed by atoms with E-state index >= 15 is 0 Å². The molecule has 1 aliphatic heterocycles. The number of halogens is 4. The molecule has 2 aliphatic rings. The molecule has 2 heterocycles. The highest BCUT2D eigenvalue weighted by molar-refractivity contribution is 6.38. The fraction of sp³-hybridized carbons (Fsp3) is 0.500. The van der Waals surface area contributed by atoms with Gasteiger partial charge in [-0.3, -0.25) is 9.59 Å². The number of carbonyl (C=O) groups excluding carboxylic acids is 1. The number of hydrogen-bond acceptors (Lipinski definition) is 3. The summed E-state index contributed by atoms with van der Waals surface area (Å²) in [4.78, 5) is 25.6. The highest BCUT2D eigenvalue weighted by Crippen LogP contribution is 2.47. The van der Waals surface area contributed by atoms with Gasteiger partial charge in [0.05, 0.1) is 16.0 Å². The molecule has 2 fully saturated rings. The maximum Gasteiger partial charge on any atom is 0.420 e. The summed E-state index contributed by atoms with van der Waals surface area (Å²) in [5, 5.41) is 9.26. The zero-order valence-electron chi connectivity index (χ0n) is 15.6. The molecule has 0 unspecified atom stereocenters. The maximum atomic E-state index is 13.6. The Balaban J connectivity index is 1.71. The summed E-state index contributed by atoms with van der Waals surface area (Å²) in [5.41, 5.74) is -1.77. The normalized spacial score (nSPS) is 19.6. The van der Waals surface area contributed by atoms with E-state index in [1.165, 1.54) is 4.90 Å². The molecule has 1 saturated carbocycles. The van der Waals surface area contributed by atoms with Crippen molar-refractivity contribution in [1.82, 2.24) is 4.90 Å². The van der Waals surface area contributed by atoms with Gasteiger partial charge in [0.15, 0.2) is 0 Å². The molecule has 0 bridgehead atoms. The average Bonchev–Trinajstić information content (AvgIpc) is 3.45. The molecule has 1 amide bonds. The van der Waals surface area contributed by atoms with Crippen molar-refractivity contribution in [2.24, 2.45) is 5.41 Å². The minimum Gasteiger partial charge on any atom is -0.481 e. The molecule has 0 atom stereocenters. The molecule has 0 radical (unpaired) electrons. The van der Waals surface area contributed by atoms with Crippen molar-refractivity contribution in [1.29, 1.82) is 0 Å². The molecule has 1 N–H and O–H groups in total. The van der Waals surface area contributed by atoms with E-state index in [0.29, 0.717) is 5.56 Å². The number of hydrogen-bond donors (Lipinski definition) is 1. The van der Waals surface area contributed by atoms with Gasteiger partial charge in [0, 0.05) is 18.5 Å². The molecular weight excluding hydrogens is 411 g/mol. The number of benzene rings is 1. The summed E-state index contributed by atoms with van der Waals surface area (Å²) >= 11 is 6.29. The SMILES string of the molecule is CC1(C(=O)O)CCN(C(=O)c2oc3c(C(F)(F)F)cc(C4CC4)cc3c2Cl)CC1. The predicted octanol–water partition coefficient (Wildman–Crippen LogP) is 5.31. The van der Waals surface area contributed by atoms with Crippen molar-refractivity contribution in [3.05, 3.63) is 34.0 Å². The monoisotopic (exact) mass is 429 g/mol. The number of furan rings is 1. The Morgan fingerprint density at radius 1 is 1.24 bits per heavy atom. The first-order chi connectivity index (χ1) is 13.5. The Hall–Kier alpha value is -2.22. The number of carbonyl (C=O) groups is 2. The van der Waals surface area contributed by atoms with Crippen LogP contribution in [0.25, 0.3) is 11.0 Å². The molecule has 1 aromatic carbocycles. The lowest BCUT2D eigenvalue weighted by molar-refractivity contribution is -0.150. The van der Waals surface area contributed by atoms with Gasteiger partial charge < -0.3 is 14.4 Å². The standard InChI is InChI=1S/C20H19ClF3NO4/c1-19(18(27)28)4-6-25(7-5-19)17(26)16-14(21)12-8-11(10-2-3-10)9-13(15(12)29-16)20(22,23)24/h8-10H,2-7H2,1H3,(H,27,28). The summed E-state index contributed by atoms with van der Waals surface area (Å²) in [5.74, 6) is -1.83. The molecule has 2 aromatic rings. The minimum atomic E-state index is -4.64. The van der Waals surface area contributed by atoms with Crippen LogP contribution in [0.2, 0.25) is 5.02 Å². The van der Waals surface area contributed by atoms with Crippen molar-refractivity contribution >= 4 is 34.4 Å². The van der Waals surface area contributed by atoms with Crippen LogP contribution in [-0.4, -0.2) is 35.0 Å². The van der Waals surface area contributed by atoms with E-state index < -0.39 is 34.6 Å². The van der Waals surface area contributed by atoms with E-state index in [-0.39, 0.29) is 48.0 Å². The van der Waals surface area contributed by atoms with Gasteiger partial charge in [0.2, 0.25) is 5.76 Å². The summed E-state index contributed by atoms with van der Waals surface area (Å²) in [7, 11) is 0. The molecule has 29 heavy (non-hydrogen) atoms. The molecular formula is C20H19ClF3NO4. The number of carboxylic acids is 1. The second-order valence-corrected chi connectivity index (χ2v) is 8.50. The highest BCUT2D eigenvalue weighted by Gasteiger charge is 2.41. The van der Waals surface area contributed by atoms with Gasteiger partial charge in [-0.25, -0.2) is 0 Å². The van der Waals surface area contributed by atoms with Crippen LogP contribution in [0, 0.1) is 5.41 Å². The Morgan fingerprint density at radius 2 is 1.86 bits per heavy atom. The third kappa shape index (κ3) is 3.47. The number of rotatable bonds is 3. The largest absolute Gasteiger partial charge is 0.481 e. The van der Waals surface area contributed by atoms with Gasteiger partial charge in [-0.05, 0) is 56.2 Å². The number of aliphatic carboxylic acids is 1. The van der Waals surface area contributed by atoms with Crippen LogP contribution in [0.4, 0.5) is 13.2 Å². The summed E-state index contributed by atoms with van der Waals surface area (Å²) in [6.07, 6.45) is -2.52. The third-order valence-electron chi connectivity index (χ3n) is 5.97. The first-order valence-electron chi connectivity index (χ1n) is 9.37. The van der Waals surface area contributed by atoms with Crippen LogP contribution >= 0.6 is 11.6 Å². The van der Waals surface area contributed by atoms with E-state index in [4.69, 9.17) is 16.0 Å². The number of fused-ring (bicyclic) bond motifs is 1. The summed E-state index contributed by atoms with van der Waals surface area (Å²) in [6.45, 7) is 1.93. The van der Waals surface area contributed by atoms with E-state index in [2.05, 4.69) is 0 Å². The van der Waals surface area contributed by atoms with Crippen molar-refractivity contribution in [2.45, 2.75) is 44.7 Å². The molecule has 4 rings (SSSR count). The number of carboxylic acid groups (broad SMARTS) is 1. The van der Waals surface area contributed by atoms with Gasteiger partial charge in [-0.2, -0.15) is 13.2 Å². The fourth-order valence-electron chi connectivity index (χ4n) is 3.75. The Morgan fingerprint density at radius 3 is 2.38 bits per heavy atom. The Bertz CT molecular complexity index is 1000. The van der Waals surface area contributed by atoms with Crippen LogP contribution < -0.4 is 0 Å². The molecule has 1 aliphatic carbocycles. The lowest BCUT2D eigenvalue weighted by Crippen LogP contribution is -2.45. The van der Waals surface area contributed by atoms with Crippen molar-refractivity contribution in [3.8, 4) is 0 Å². The molecule has 0 spiro atoms. The summed E-state index contributed by atoms with van der Waals surface area (Å²) in [6, 6.07) is 2.65. The molecule has 9 heteroatoms. The van der Waals surface area contributed by atoms with E-state index in [1.54, 1.807) is 13.0 Å². The third-order valence-corrected chi connectivity index (χ3v) is 6.35. The molecule has 1 aromatic heterocycles. The highest BCUT2D eigenvalue weighted by atomic mass is 35.5. The van der Waals surface area contributed by atoms with Crippen LogP contribution in [-0.2, 0) is 11.0 Å². The van der Waals surface area contributed by atoms with Crippen molar-refractivity contribution in [3.63, 3.8) is 0 Å². The van der Waals surface area contributed by atoms with E-state index in [1.807, 2.05) is 0 Å². The number of likely N-dealkylation sites (tertiary alicyclic amines) is 1. The number of alkyl halides is 3. The first kappa shape index (κ1) is 20.1. The topological polar surface area (TPSA) is 70.8 Å². The van der Waals surface area contributed by atoms with E-state index in [9.17, 15) is 27.9 Å². The Kier molecular flexibility index (Phi) is 4.60. The molecule has 5 nitrogen and oxygen atoms in total. The fourth-order valence-corrected chi connectivity index (χ4v) is 4.01. The zero-order valence-corrected chi connectivity index (χ0v) is 16.4. The number of piperidine rings is 1. The van der Waals surface area contributed by atoms with Crippen LogP contribution in [0.1, 0.15) is 60.2 Å². The van der Waals surface area contributed by atoms with Gasteiger partial charge in [-0.1, -0.05) is 11.6 Å². The number of amides is 1. The van der Waals surface area contributed by atoms with Gasteiger partial charge in [0.25, 0.3) is 5.91 Å². The van der Waals surface area contributed by atoms with Crippen LogP contribution in [0.15, 0.2) is 16.5 Å². The molecule has 1 saturated heterocycles. The summed E-state index contributed by atoms with van der Waals surface area (Å²) < 4.78 is 46.1. The van der Waals surface area contributed by atoms with Gasteiger partial charge in [-0.15, -0.1) is 0 Å². The van der Waals surface area contributed by atoms with Crippen molar-refractivity contribution in [2.75, 3.05) is 13.1 Å². The lowest BCUT2D eigenvalue weighted by Gasteiger charge is -2.36. The minimum absolute atomic E-state index is 0.0707. The molecule has 156 valence electrons. The smallest absolute Gasteiger partial charge is 0.420 e.